The van der Waals surface area contributed by atoms with Crippen LogP contribution in [-0.2, 0) is 6.54 Å². The molecule has 1 saturated heterocycles. The number of fused-ring (bicyclic) bond motifs is 1. The summed E-state index contributed by atoms with van der Waals surface area (Å²) in [5, 5.41) is 12.6. The molecule has 5 aromatic rings. The zero-order valence-electron chi connectivity index (χ0n) is 20.9. The molecular formula is C27H26F3N9. The number of anilines is 3. The number of aromatic nitrogens is 6. The number of piperidine rings is 1. The summed E-state index contributed by atoms with van der Waals surface area (Å²) in [5.41, 5.74) is 9.92. The molecule has 0 spiro atoms. The molecular weight excluding hydrogens is 507 g/mol. The average Bonchev–Trinajstić information content (AvgIpc) is 3.55. The zero-order valence-corrected chi connectivity index (χ0v) is 20.9. The Morgan fingerprint density at radius 1 is 1.00 bits per heavy atom. The smallest absolute Gasteiger partial charge is 0.369 e. The topological polar surface area (TPSA) is 103 Å². The Kier molecular flexibility index (Phi) is 6.39. The predicted octanol–water partition coefficient (Wildman–Crippen LogP) is 4.91. The number of hydrogen-bond donors (Lipinski definition) is 2. The van der Waals surface area contributed by atoms with Gasteiger partial charge in [-0.05, 0) is 37.1 Å². The van der Waals surface area contributed by atoms with Gasteiger partial charge in [-0.3, -0.25) is 4.68 Å². The zero-order chi connectivity index (χ0) is 27.0. The number of benzene rings is 1. The van der Waals surface area contributed by atoms with Gasteiger partial charge in [0.05, 0.1) is 18.1 Å². The van der Waals surface area contributed by atoms with Crippen molar-refractivity contribution in [3.63, 3.8) is 0 Å². The number of nitrogens with two attached hydrogens (primary N) is 1. The number of hydrogen-bond acceptors (Lipinski definition) is 7. The molecule has 0 bridgehead atoms. The van der Waals surface area contributed by atoms with Crippen molar-refractivity contribution < 1.29 is 13.2 Å². The van der Waals surface area contributed by atoms with E-state index in [0.29, 0.717) is 35.0 Å². The van der Waals surface area contributed by atoms with Gasteiger partial charge in [0.1, 0.15) is 18.2 Å². The van der Waals surface area contributed by atoms with E-state index >= 15 is 0 Å². The van der Waals surface area contributed by atoms with Crippen molar-refractivity contribution >= 4 is 28.4 Å². The Labute approximate surface area is 222 Å². The van der Waals surface area contributed by atoms with Crippen molar-refractivity contribution in [2.24, 2.45) is 5.73 Å². The van der Waals surface area contributed by atoms with E-state index in [0.717, 1.165) is 40.8 Å². The van der Waals surface area contributed by atoms with Crippen LogP contribution in [0.25, 0.3) is 27.8 Å². The van der Waals surface area contributed by atoms with Crippen LogP contribution in [0.1, 0.15) is 12.8 Å². The number of halogens is 3. The molecule has 0 aliphatic carbocycles. The summed E-state index contributed by atoms with van der Waals surface area (Å²) >= 11 is 0. The van der Waals surface area contributed by atoms with Gasteiger partial charge in [0, 0.05) is 59.8 Å². The molecule has 4 aromatic heterocycles. The monoisotopic (exact) mass is 533 g/mol. The summed E-state index contributed by atoms with van der Waals surface area (Å²) in [7, 11) is 0. The van der Waals surface area contributed by atoms with Gasteiger partial charge in [0.15, 0.2) is 5.65 Å². The third-order valence-corrected chi connectivity index (χ3v) is 6.64. The minimum atomic E-state index is -4.36. The van der Waals surface area contributed by atoms with E-state index in [9.17, 15) is 13.2 Å². The standard InChI is InChI=1S/C27H26F3N9/c28-27(29,30)17-38-15-19(13-33-38)22-14-32-25(11-23(22)37-10-4-5-20(31)16-37)35-24-9-8-18-12-34-39(26(18)36-24)21-6-2-1-3-7-21/h1-3,6-9,11-15,20H,4-5,10,16-17,31H2,(H,32,35,36)/t20-/m0/s1. The average molecular weight is 534 g/mol. The lowest BCUT2D eigenvalue weighted by molar-refractivity contribution is -0.142. The fourth-order valence-electron chi connectivity index (χ4n) is 4.86. The van der Waals surface area contributed by atoms with Crippen LogP contribution in [0.2, 0.25) is 0 Å². The number of nitrogens with one attached hydrogen (secondary N) is 1. The molecule has 5 heterocycles. The number of alkyl halides is 3. The largest absolute Gasteiger partial charge is 0.408 e. The van der Waals surface area contributed by atoms with E-state index in [1.54, 1.807) is 17.1 Å². The molecule has 1 aliphatic heterocycles. The second-order valence-corrected chi connectivity index (χ2v) is 9.60. The van der Waals surface area contributed by atoms with E-state index in [-0.39, 0.29) is 6.04 Å². The van der Waals surface area contributed by atoms with Crippen LogP contribution in [0.4, 0.5) is 30.5 Å². The van der Waals surface area contributed by atoms with E-state index < -0.39 is 12.7 Å². The molecule has 1 atom stereocenters. The second kappa shape index (κ2) is 10.0. The maximum absolute atomic E-state index is 12.9. The SMILES string of the molecule is N[C@H]1CCCN(c2cc(Nc3ccc4cnn(-c5ccccc5)c4n3)ncc2-c2cnn(CC(F)(F)F)c2)C1. The van der Waals surface area contributed by atoms with Gasteiger partial charge in [-0.25, -0.2) is 14.6 Å². The molecule has 1 aromatic carbocycles. The Bertz CT molecular complexity index is 1590. The fourth-order valence-corrected chi connectivity index (χ4v) is 4.86. The highest BCUT2D eigenvalue weighted by Gasteiger charge is 2.29. The lowest BCUT2D eigenvalue weighted by Crippen LogP contribution is -2.43. The minimum absolute atomic E-state index is 0.00599. The van der Waals surface area contributed by atoms with Crippen LogP contribution in [0, 0.1) is 0 Å². The molecule has 0 amide bonds. The van der Waals surface area contributed by atoms with E-state index in [1.807, 2.05) is 48.5 Å². The van der Waals surface area contributed by atoms with Crippen LogP contribution >= 0.6 is 0 Å². The van der Waals surface area contributed by atoms with E-state index in [1.165, 1.54) is 12.4 Å². The van der Waals surface area contributed by atoms with Crippen LogP contribution in [0.15, 0.2) is 73.3 Å². The molecule has 9 nitrogen and oxygen atoms in total. The molecule has 1 fully saturated rings. The first-order chi connectivity index (χ1) is 18.8. The fraction of sp³-hybridized carbons (Fsp3) is 0.259. The molecule has 3 N–H and O–H groups in total. The molecule has 1 aliphatic rings. The summed E-state index contributed by atoms with van der Waals surface area (Å²) in [6.45, 7) is 0.257. The highest BCUT2D eigenvalue weighted by molar-refractivity contribution is 5.81. The first kappa shape index (κ1) is 24.9. The van der Waals surface area contributed by atoms with Crippen molar-refractivity contribution in [1.29, 1.82) is 0 Å². The molecule has 39 heavy (non-hydrogen) atoms. The lowest BCUT2D eigenvalue weighted by atomic mass is 10.0. The van der Waals surface area contributed by atoms with Gasteiger partial charge in [-0.15, -0.1) is 0 Å². The minimum Gasteiger partial charge on any atom is -0.369 e. The summed E-state index contributed by atoms with van der Waals surface area (Å²) in [6, 6.07) is 15.4. The van der Waals surface area contributed by atoms with Gasteiger partial charge in [0.25, 0.3) is 0 Å². The van der Waals surface area contributed by atoms with Crippen molar-refractivity contribution in [3.8, 4) is 16.8 Å². The molecule has 6 rings (SSSR count). The van der Waals surface area contributed by atoms with Gasteiger partial charge in [-0.2, -0.15) is 23.4 Å². The molecule has 0 saturated carbocycles. The van der Waals surface area contributed by atoms with Crippen molar-refractivity contribution in [2.75, 3.05) is 23.3 Å². The van der Waals surface area contributed by atoms with Gasteiger partial charge in [-0.1, -0.05) is 18.2 Å². The predicted molar refractivity (Wildman–Crippen MR) is 143 cm³/mol. The number of para-hydroxylation sites is 1. The first-order valence-electron chi connectivity index (χ1n) is 12.6. The molecule has 0 unspecified atom stereocenters. The number of rotatable bonds is 6. The van der Waals surface area contributed by atoms with E-state index in [2.05, 4.69) is 25.4 Å². The maximum Gasteiger partial charge on any atom is 0.408 e. The Hall–Kier alpha value is -4.45. The summed E-state index contributed by atoms with van der Waals surface area (Å²) < 4.78 is 41.4. The van der Waals surface area contributed by atoms with Crippen molar-refractivity contribution in [3.05, 3.63) is 73.3 Å². The molecule has 200 valence electrons. The quantitative estimate of drug-likeness (QED) is 0.320. The highest BCUT2D eigenvalue weighted by Crippen LogP contribution is 2.34. The second-order valence-electron chi connectivity index (χ2n) is 9.60. The maximum atomic E-state index is 12.9. The Morgan fingerprint density at radius 3 is 2.64 bits per heavy atom. The van der Waals surface area contributed by atoms with Gasteiger partial charge >= 0.3 is 6.18 Å². The van der Waals surface area contributed by atoms with Crippen LogP contribution in [-0.4, -0.2) is 54.8 Å². The van der Waals surface area contributed by atoms with Gasteiger partial charge < -0.3 is 16.0 Å². The van der Waals surface area contributed by atoms with Crippen molar-refractivity contribution in [2.45, 2.75) is 31.6 Å². The van der Waals surface area contributed by atoms with E-state index in [4.69, 9.17) is 10.7 Å². The third kappa shape index (κ3) is 5.41. The molecule has 12 heteroatoms. The summed E-state index contributed by atoms with van der Waals surface area (Å²) in [5.74, 6) is 1.13. The first-order valence-corrected chi connectivity index (χ1v) is 12.6. The Balaban J connectivity index is 1.34. The number of pyridine rings is 2. The summed E-state index contributed by atoms with van der Waals surface area (Å²) in [6.07, 6.45) is 3.73. The Morgan fingerprint density at radius 2 is 1.85 bits per heavy atom. The normalized spacial score (nSPS) is 16.1. The summed E-state index contributed by atoms with van der Waals surface area (Å²) in [4.78, 5) is 11.5. The van der Waals surface area contributed by atoms with Crippen LogP contribution in [0.3, 0.4) is 0 Å². The lowest BCUT2D eigenvalue weighted by Gasteiger charge is -2.34. The van der Waals surface area contributed by atoms with Crippen LogP contribution < -0.4 is 16.0 Å². The van der Waals surface area contributed by atoms with Crippen LogP contribution in [0.5, 0.6) is 0 Å². The third-order valence-electron chi connectivity index (χ3n) is 6.64. The molecule has 0 radical (unpaired) electrons. The number of nitrogens with zero attached hydrogens (tertiary/aromatic N) is 7. The van der Waals surface area contributed by atoms with Gasteiger partial charge in [0.2, 0.25) is 0 Å². The highest BCUT2D eigenvalue weighted by atomic mass is 19.4. The van der Waals surface area contributed by atoms with Crippen molar-refractivity contribution in [1.82, 2.24) is 29.5 Å².